The van der Waals surface area contributed by atoms with Gasteiger partial charge in [0.1, 0.15) is 5.60 Å². The van der Waals surface area contributed by atoms with Crippen LogP contribution in [0.1, 0.15) is 38.8 Å². The average Bonchev–Trinajstić information content (AvgIpc) is 3.25. The molecule has 4 nitrogen and oxygen atoms in total. The van der Waals surface area contributed by atoms with Crippen molar-refractivity contribution in [3.05, 3.63) is 54.2 Å². The molecule has 3 rings (SSSR count). The fraction of sp³-hybridized carbons (Fsp3) is 0.368. The van der Waals surface area contributed by atoms with Crippen LogP contribution in [0.5, 0.6) is 0 Å². The Balaban J connectivity index is 1.65. The number of rotatable bonds is 3. The lowest BCUT2D eigenvalue weighted by Crippen LogP contribution is -2.34. The highest BCUT2D eigenvalue weighted by atomic mass is 16.6. The van der Waals surface area contributed by atoms with Gasteiger partial charge >= 0.3 is 6.09 Å². The maximum absolute atomic E-state index is 11.8. The monoisotopic (exact) mass is 310 g/mol. The van der Waals surface area contributed by atoms with Gasteiger partial charge in [0.05, 0.1) is 5.69 Å². The van der Waals surface area contributed by atoms with E-state index in [0.717, 1.165) is 23.4 Å². The molecule has 1 aromatic heterocycles. The topological polar surface area (TPSA) is 51.2 Å². The van der Waals surface area contributed by atoms with Crippen molar-refractivity contribution in [2.24, 2.45) is 0 Å². The first-order chi connectivity index (χ1) is 10.9. The third-order valence-electron chi connectivity index (χ3n) is 3.71. The van der Waals surface area contributed by atoms with E-state index in [4.69, 9.17) is 9.72 Å². The minimum absolute atomic E-state index is 0.114. The fourth-order valence-electron chi connectivity index (χ4n) is 2.57. The van der Waals surface area contributed by atoms with Crippen LogP contribution in [-0.2, 0) is 4.74 Å². The Labute approximate surface area is 136 Å². The van der Waals surface area contributed by atoms with Gasteiger partial charge in [-0.25, -0.2) is 4.79 Å². The Bertz CT molecular complexity index is 692. The third kappa shape index (κ3) is 4.09. The zero-order valence-corrected chi connectivity index (χ0v) is 13.7. The van der Waals surface area contributed by atoms with Crippen molar-refractivity contribution in [3.8, 4) is 11.3 Å². The van der Waals surface area contributed by atoms with Crippen LogP contribution in [0.2, 0.25) is 0 Å². The minimum Gasteiger partial charge on any atom is -0.444 e. The molecule has 1 aliphatic rings. The van der Waals surface area contributed by atoms with Crippen LogP contribution in [-0.4, -0.2) is 22.7 Å². The van der Waals surface area contributed by atoms with E-state index >= 15 is 0 Å². The fourth-order valence-corrected chi connectivity index (χ4v) is 2.57. The molecule has 0 spiro atoms. The number of benzene rings is 1. The van der Waals surface area contributed by atoms with E-state index < -0.39 is 5.60 Å². The SMILES string of the molecule is CC(C)(C)OC(=O)N[C@@H]1C[C@H]1c1cccc(-c2ccccc2)n1. The lowest BCUT2D eigenvalue weighted by atomic mass is 10.1. The zero-order valence-electron chi connectivity index (χ0n) is 13.7. The summed E-state index contributed by atoms with van der Waals surface area (Å²) in [5, 5.41) is 2.92. The van der Waals surface area contributed by atoms with Crippen molar-refractivity contribution in [2.45, 2.75) is 44.8 Å². The van der Waals surface area contributed by atoms with Crippen molar-refractivity contribution in [1.29, 1.82) is 0 Å². The molecule has 1 fully saturated rings. The number of nitrogens with zero attached hydrogens (tertiary/aromatic N) is 1. The Morgan fingerprint density at radius 1 is 1.13 bits per heavy atom. The second-order valence-corrected chi connectivity index (χ2v) is 6.91. The summed E-state index contributed by atoms with van der Waals surface area (Å²) in [5.41, 5.74) is 2.62. The standard InChI is InChI=1S/C19H22N2O2/c1-19(2,3)23-18(22)21-17-12-14(17)16-11-7-10-15(20-16)13-8-5-4-6-9-13/h4-11,14,17H,12H2,1-3H3,(H,21,22)/t14-,17+/m0/s1. The molecule has 4 heteroatoms. The molecule has 1 aliphatic carbocycles. The first-order valence-corrected chi connectivity index (χ1v) is 7.94. The van der Waals surface area contributed by atoms with Gasteiger partial charge in [0, 0.05) is 23.2 Å². The van der Waals surface area contributed by atoms with Crippen molar-refractivity contribution in [2.75, 3.05) is 0 Å². The van der Waals surface area contributed by atoms with E-state index in [9.17, 15) is 4.79 Å². The predicted molar refractivity (Wildman–Crippen MR) is 90.2 cm³/mol. The Hall–Kier alpha value is -2.36. The Morgan fingerprint density at radius 3 is 2.57 bits per heavy atom. The van der Waals surface area contributed by atoms with Crippen LogP contribution in [0.25, 0.3) is 11.3 Å². The average molecular weight is 310 g/mol. The zero-order chi connectivity index (χ0) is 16.4. The molecule has 0 unspecified atom stereocenters. The summed E-state index contributed by atoms with van der Waals surface area (Å²) in [5.74, 6) is 0.270. The summed E-state index contributed by atoms with van der Waals surface area (Å²) >= 11 is 0. The molecule has 120 valence electrons. The molecule has 0 radical (unpaired) electrons. The maximum Gasteiger partial charge on any atom is 0.407 e. The van der Waals surface area contributed by atoms with E-state index in [1.54, 1.807) is 0 Å². The molecular weight excluding hydrogens is 288 g/mol. The minimum atomic E-state index is -0.472. The molecule has 1 amide bonds. The van der Waals surface area contributed by atoms with Crippen molar-refractivity contribution < 1.29 is 9.53 Å². The van der Waals surface area contributed by atoms with Crippen molar-refractivity contribution >= 4 is 6.09 Å². The highest BCUT2D eigenvalue weighted by molar-refractivity contribution is 5.69. The summed E-state index contributed by atoms with van der Waals surface area (Å²) in [7, 11) is 0. The van der Waals surface area contributed by atoms with Crippen molar-refractivity contribution in [3.63, 3.8) is 0 Å². The van der Waals surface area contributed by atoms with Gasteiger partial charge in [-0.1, -0.05) is 36.4 Å². The number of pyridine rings is 1. The van der Waals surface area contributed by atoms with E-state index in [1.165, 1.54) is 0 Å². The van der Waals surface area contributed by atoms with Crippen LogP contribution >= 0.6 is 0 Å². The van der Waals surface area contributed by atoms with Gasteiger partial charge in [-0.05, 0) is 39.3 Å². The highest BCUT2D eigenvalue weighted by Gasteiger charge is 2.41. The number of carbonyl (C=O) groups excluding carboxylic acids is 1. The van der Waals surface area contributed by atoms with Crippen LogP contribution in [0.3, 0.4) is 0 Å². The summed E-state index contributed by atoms with van der Waals surface area (Å²) in [6, 6.07) is 16.3. The lowest BCUT2D eigenvalue weighted by Gasteiger charge is -2.19. The number of alkyl carbamates (subject to hydrolysis) is 1. The van der Waals surface area contributed by atoms with E-state index in [2.05, 4.69) is 17.4 Å². The Morgan fingerprint density at radius 2 is 1.87 bits per heavy atom. The highest BCUT2D eigenvalue weighted by Crippen LogP contribution is 2.40. The second kappa shape index (κ2) is 6.03. The molecule has 1 aromatic carbocycles. The molecule has 23 heavy (non-hydrogen) atoms. The smallest absolute Gasteiger partial charge is 0.407 e. The molecule has 2 aromatic rings. The number of aromatic nitrogens is 1. The summed E-state index contributed by atoms with van der Waals surface area (Å²) < 4.78 is 5.30. The number of hydrogen-bond acceptors (Lipinski definition) is 3. The summed E-state index contributed by atoms with van der Waals surface area (Å²) in [6.07, 6.45) is 0.550. The van der Waals surface area contributed by atoms with Crippen LogP contribution in [0, 0.1) is 0 Å². The molecule has 0 bridgehead atoms. The molecule has 0 aliphatic heterocycles. The molecule has 2 atom stereocenters. The number of carbonyl (C=O) groups is 1. The van der Waals surface area contributed by atoms with E-state index in [-0.39, 0.29) is 18.1 Å². The molecule has 1 N–H and O–H groups in total. The lowest BCUT2D eigenvalue weighted by molar-refractivity contribution is 0.0523. The van der Waals surface area contributed by atoms with Gasteiger partial charge in [-0.3, -0.25) is 4.98 Å². The molecule has 1 saturated carbocycles. The van der Waals surface area contributed by atoms with E-state index in [1.807, 2.05) is 57.2 Å². The van der Waals surface area contributed by atoms with E-state index in [0.29, 0.717) is 0 Å². The molecular formula is C19H22N2O2. The number of amides is 1. The number of hydrogen-bond donors (Lipinski definition) is 1. The first-order valence-electron chi connectivity index (χ1n) is 7.94. The van der Waals surface area contributed by atoms with Crippen LogP contribution in [0.4, 0.5) is 4.79 Å². The molecule has 0 saturated heterocycles. The van der Waals surface area contributed by atoms with Crippen LogP contribution in [0.15, 0.2) is 48.5 Å². The Kier molecular flexibility index (Phi) is 4.07. The van der Waals surface area contributed by atoms with Crippen LogP contribution < -0.4 is 5.32 Å². The summed E-state index contributed by atoms with van der Waals surface area (Å²) in [4.78, 5) is 16.6. The van der Waals surface area contributed by atoms with Gasteiger partial charge < -0.3 is 10.1 Å². The second-order valence-electron chi connectivity index (χ2n) is 6.91. The predicted octanol–water partition coefficient (Wildman–Crippen LogP) is 4.13. The van der Waals surface area contributed by atoms with Gasteiger partial charge in [-0.2, -0.15) is 0 Å². The number of ether oxygens (including phenoxy) is 1. The molecule has 1 heterocycles. The third-order valence-corrected chi connectivity index (χ3v) is 3.71. The van der Waals surface area contributed by atoms with Gasteiger partial charge in [0.2, 0.25) is 0 Å². The van der Waals surface area contributed by atoms with Gasteiger partial charge in [-0.15, -0.1) is 0 Å². The van der Waals surface area contributed by atoms with Gasteiger partial charge in [0.15, 0.2) is 0 Å². The first kappa shape index (κ1) is 15.5. The van der Waals surface area contributed by atoms with Crippen molar-refractivity contribution in [1.82, 2.24) is 10.3 Å². The largest absolute Gasteiger partial charge is 0.444 e. The normalized spacial score (nSPS) is 20.0. The maximum atomic E-state index is 11.8. The van der Waals surface area contributed by atoms with Gasteiger partial charge in [0.25, 0.3) is 0 Å². The quantitative estimate of drug-likeness (QED) is 0.927. The number of nitrogens with one attached hydrogen (secondary N) is 1. The summed E-state index contributed by atoms with van der Waals surface area (Å²) in [6.45, 7) is 5.59.